The van der Waals surface area contributed by atoms with E-state index in [4.69, 9.17) is 31.2 Å². The molecule has 0 aromatic heterocycles. The topological polar surface area (TPSA) is 228 Å². The van der Waals surface area contributed by atoms with Crippen molar-refractivity contribution in [1.82, 2.24) is 0 Å². The molecule has 0 radical (unpaired) electrons. The molecule has 1 aromatic carbocycles. The summed E-state index contributed by atoms with van der Waals surface area (Å²) >= 11 is 0. The van der Waals surface area contributed by atoms with Gasteiger partial charge in [-0.3, -0.25) is 14.0 Å². The molecule has 17 heteroatoms. The van der Waals surface area contributed by atoms with Crippen LogP contribution in [0.5, 0.6) is 0 Å². The fourth-order valence-corrected chi connectivity index (χ4v) is 1.19. The quantitative estimate of drug-likeness (QED) is 0.117. The number of nitrogens with one attached hydrogen (secondary N) is 1. The summed E-state index contributed by atoms with van der Waals surface area (Å²) in [5, 5.41) is 0. The van der Waals surface area contributed by atoms with Crippen LogP contribution in [0.3, 0.4) is 0 Å². The molecule has 0 saturated carbocycles. The molecular formula is C8H13BrN6Na2O6S2. The molecule has 0 heterocycles. The van der Waals surface area contributed by atoms with Crippen molar-refractivity contribution in [3.8, 4) is 0 Å². The van der Waals surface area contributed by atoms with E-state index < -0.39 is 20.2 Å². The van der Waals surface area contributed by atoms with E-state index in [1.807, 2.05) is 6.92 Å². The molecule has 0 aliphatic rings. The minimum Gasteiger partial charge on any atom is -1.00 e. The van der Waals surface area contributed by atoms with Gasteiger partial charge in [-0.05, 0) is 29.5 Å². The van der Waals surface area contributed by atoms with Crippen molar-refractivity contribution in [2.45, 2.75) is 11.8 Å². The van der Waals surface area contributed by atoms with Gasteiger partial charge in [0.05, 0.1) is 11.2 Å². The second kappa shape index (κ2) is 22.2. The molecule has 0 spiro atoms. The molecule has 12 nitrogen and oxygen atoms in total. The van der Waals surface area contributed by atoms with Crippen molar-refractivity contribution in [2.75, 3.05) is 6.26 Å². The molecule has 0 fully saturated rings. The predicted octanol–water partition coefficient (Wildman–Crippen LogP) is -6.50. The third-order valence-corrected chi connectivity index (χ3v) is 2.19. The Balaban J connectivity index is -0.0000000555. The van der Waals surface area contributed by atoms with Crippen molar-refractivity contribution in [2.24, 2.45) is 0 Å². The van der Waals surface area contributed by atoms with Crippen LogP contribution in [0, 0.1) is 12.5 Å². The molecular weight excluding hydrogens is 466 g/mol. The smallest absolute Gasteiger partial charge is 1.00 e. The zero-order chi connectivity index (χ0) is 18.4. The summed E-state index contributed by atoms with van der Waals surface area (Å²) in [4.78, 5) is 3.18. The number of halogens is 1. The van der Waals surface area contributed by atoms with Gasteiger partial charge in [0.2, 0.25) is 0 Å². The minimum atomic E-state index is -4.02. The Labute approximate surface area is 200 Å². The summed E-state index contributed by atoms with van der Waals surface area (Å²) in [5.41, 5.74) is 26.7. The van der Waals surface area contributed by atoms with Crippen molar-refractivity contribution in [3.63, 3.8) is 0 Å². The average molecular weight is 479 g/mol. The van der Waals surface area contributed by atoms with E-state index in [0.29, 0.717) is 6.26 Å². The summed E-state index contributed by atoms with van der Waals surface area (Å²) in [6, 6.07) is 5.99. The maximum Gasteiger partial charge on any atom is 1.00 e. The molecule has 0 unspecified atom stereocenters. The van der Waals surface area contributed by atoms with Crippen LogP contribution in [-0.4, -0.2) is 32.2 Å². The summed E-state index contributed by atoms with van der Waals surface area (Å²) in [7, 11) is -7.69. The first kappa shape index (κ1) is 40.0. The number of hydrogen-bond donors (Lipinski definition) is 3. The molecule has 25 heavy (non-hydrogen) atoms. The van der Waals surface area contributed by atoms with Crippen molar-refractivity contribution in [1.29, 1.82) is 5.53 Å². The van der Waals surface area contributed by atoms with E-state index in [2.05, 4.69) is 0 Å². The Hall–Kier alpha value is 0.140. The standard InChI is InChI=1S/C7H8O3S.CH4O3S.BrH.HN3.N3.2Na/c1-6-2-4-7(5-3-6)11(8,9)10;1-5(2,3)4;;2*1-3-2;;/h2-5H,1H3,(H,8,9,10);1H3,(H,2,3,4);1H;1H;;;/q;;;;-1;2*+1/p-1. The van der Waals surface area contributed by atoms with Crippen LogP contribution in [0.2, 0.25) is 0 Å². The van der Waals surface area contributed by atoms with Crippen molar-refractivity contribution >= 4 is 20.2 Å². The van der Waals surface area contributed by atoms with Crippen molar-refractivity contribution in [3.05, 3.63) is 56.2 Å². The molecule has 0 bridgehead atoms. The minimum absolute atomic E-state index is 0. The molecule has 0 atom stereocenters. The van der Waals surface area contributed by atoms with Gasteiger partial charge in [0.15, 0.2) is 0 Å². The van der Waals surface area contributed by atoms with Gasteiger partial charge in [0, 0.05) is 0 Å². The van der Waals surface area contributed by atoms with Gasteiger partial charge >= 0.3 is 59.1 Å². The predicted molar refractivity (Wildman–Crippen MR) is 78.0 cm³/mol. The van der Waals surface area contributed by atoms with Gasteiger partial charge < -0.3 is 28.0 Å². The largest absolute Gasteiger partial charge is 1.00 e. The average Bonchev–Trinajstić information content (AvgIpc) is 2.28. The Bertz CT molecular complexity index is 696. The Morgan fingerprint density at radius 3 is 1.32 bits per heavy atom. The zero-order valence-corrected chi connectivity index (χ0v) is 21.0. The number of benzene rings is 1. The first-order valence-electron chi connectivity index (χ1n) is 4.79. The zero-order valence-electron chi connectivity index (χ0n) is 13.8. The molecule has 0 saturated heterocycles. The van der Waals surface area contributed by atoms with E-state index in [1.54, 1.807) is 17.0 Å². The molecule has 0 aliphatic carbocycles. The van der Waals surface area contributed by atoms with E-state index in [0.717, 1.165) is 5.56 Å². The van der Waals surface area contributed by atoms with Gasteiger partial charge in [-0.1, -0.05) is 17.7 Å². The molecule has 0 aliphatic heterocycles. The Morgan fingerprint density at radius 2 is 1.16 bits per heavy atom. The maximum absolute atomic E-state index is 10.5. The van der Waals surface area contributed by atoms with Crippen LogP contribution >= 0.6 is 0 Å². The number of aryl methyl sites for hydroxylation is 1. The second-order valence-corrected chi connectivity index (χ2v) is 6.10. The Morgan fingerprint density at radius 1 is 0.960 bits per heavy atom. The van der Waals surface area contributed by atoms with Crippen LogP contribution in [0.1, 0.15) is 5.56 Å². The molecule has 1 rings (SSSR count). The summed E-state index contributed by atoms with van der Waals surface area (Å²) in [5.74, 6) is 0. The van der Waals surface area contributed by atoms with Crippen molar-refractivity contribution < 1.29 is 102 Å². The van der Waals surface area contributed by atoms with Gasteiger partial charge in [-0.25, -0.2) is 0 Å². The van der Waals surface area contributed by atoms with Crippen LogP contribution in [0.25, 0.3) is 26.4 Å². The van der Waals surface area contributed by atoms with E-state index in [1.165, 1.54) is 17.0 Å². The molecule has 0 amide bonds. The fraction of sp³-hybridized carbons (Fsp3) is 0.250. The van der Waals surface area contributed by atoms with Crippen LogP contribution in [0.15, 0.2) is 29.2 Å². The summed E-state index contributed by atoms with van der Waals surface area (Å²) < 4.78 is 55.4. The Kier molecular flexibility index (Phi) is 35.5. The van der Waals surface area contributed by atoms with Gasteiger partial charge in [-0.15, -0.1) is 5.53 Å². The second-order valence-electron chi connectivity index (χ2n) is 3.21. The number of rotatable bonds is 1. The van der Waals surface area contributed by atoms with E-state index in [9.17, 15) is 16.8 Å². The number of nitrogens with zero attached hydrogens (tertiary/aromatic N) is 5. The molecule has 3 N–H and O–H groups in total. The maximum atomic E-state index is 10.5. The normalized spacial score (nSPS) is 8.00. The van der Waals surface area contributed by atoms with E-state index >= 15 is 0 Å². The van der Waals surface area contributed by atoms with Gasteiger partial charge in [-0.2, -0.15) is 16.8 Å². The van der Waals surface area contributed by atoms with Crippen LogP contribution in [-0.2, 0) is 20.2 Å². The van der Waals surface area contributed by atoms with Gasteiger partial charge in [0.25, 0.3) is 20.2 Å². The SMILES string of the molecule is CS(=O)(=O)O.Cc1ccc(S(=O)(=O)O)cc1.[Br-].[N-]=[N+]=N.[N-]=[N+]=[N-].[Na+].[Na+]. The molecule has 1 aromatic rings. The number of hydrogen-bond acceptors (Lipinski definition) is 5. The van der Waals surface area contributed by atoms with Crippen LogP contribution < -0.4 is 76.1 Å². The van der Waals surface area contributed by atoms with Gasteiger partial charge in [0.1, 0.15) is 0 Å². The first-order valence-corrected chi connectivity index (χ1v) is 8.08. The third kappa shape index (κ3) is 45.4. The summed E-state index contributed by atoms with van der Waals surface area (Å²) in [6.07, 6.45) is 0.715. The molecule has 132 valence electrons. The summed E-state index contributed by atoms with van der Waals surface area (Å²) in [6.45, 7) is 1.84. The third-order valence-electron chi connectivity index (χ3n) is 1.32. The fourth-order valence-electron chi connectivity index (χ4n) is 0.710. The van der Waals surface area contributed by atoms with E-state index in [-0.39, 0.29) is 81.0 Å². The monoisotopic (exact) mass is 478 g/mol. The first-order chi connectivity index (χ1) is 9.83. The van der Waals surface area contributed by atoms with Crippen LogP contribution in [0.4, 0.5) is 0 Å².